The minimum Gasteiger partial charge on any atom is -0.481 e. The molecule has 5 heteroatoms. The Labute approximate surface area is 76.0 Å². The molecule has 13 heavy (non-hydrogen) atoms. The Morgan fingerprint density at radius 3 is 1.85 bits per heavy atom. The van der Waals surface area contributed by atoms with Crippen LogP contribution < -0.4 is 0 Å². The summed E-state index contributed by atoms with van der Waals surface area (Å²) in [7, 11) is 0. The van der Waals surface area contributed by atoms with Crippen molar-refractivity contribution in [2.24, 2.45) is 11.8 Å². The van der Waals surface area contributed by atoms with Gasteiger partial charge in [-0.05, 0) is 12.3 Å². The van der Waals surface area contributed by atoms with Crippen molar-refractivity contribution in [1.82, 2.24) is 0 Å². The Balaban J connectivity index is 4.42. The van der Waals surface area contributed by atoms with Crippen molar-refractivity contribution in [3.63, 3.8) is 0 Å². The Morgan fingerprint density at radius 1 is 1.15 bits per heavy atom. The smallest absolute Gasteiger partial charge is 0.333 e. The molecule has 0 spiro atoms. The SMILES string of the molecule is CC(C)CC(C(=O)O)[C@@H](O)C(=O)O. The van der Waals surface area contributed by atoms with E-state index in [9.17, 15) is 9.59 Å². The van der Waals surface area contributed by atoms with E-state index in [0.717, 1.165) is 0 Å². The van der Waals surface area contributed by atoms with Crippen molar-refractivity contribution in [3.8, 4) is 0 Å². The van der Waals surface area contributed by atoms with E-state index in [1.165, 1.54) is 0 Å². The van der Waals surface area contributed by atoms with Gasteiger partial charge in [0.05, 0.1) is 5.92 Å². The van der Waals surface area contributed by atoms with E-state index in [-0.39, 0.29) is 12.3 Å². The van der Waals surface area contributed by atoms with Crippen LogP contribution in [0.15, 0.2) is 0 Å². The molecule has 0 saturated carbocycles. The van der Waals surface area contributed by atoms with Crippen LogP contribution in [0.2, 0.25) is 0 Å². The van der Waals surface area contributed by atoms with Gasteiger partial charge in [0.2, 0.25) is 0 Å². The minimum absolute atomic E-state index is 0.0371. The van der Waals surface area contributed by atoms with Gasteiger partial charge in [-0.3, -0.25) is 4.79 Å². The first-order valence-corrected chi connectivity index (χ1v) is 4.00. The molecule has 0 bridgehead atoms. The lowest BCUT2D eigenvalue weighted by molar-refractivity contribution is -0.160. The predicted molar refractivity (Wildman–Crippen MR) is 44.2 cm³/mol. The van der Waals surface area contributed by atoms with Crippen molar-refractivity contribution in [3.05, 3.63) is 0 Å². The van der Waals surface area contributed by atoms with Crippen molar-refractivity contribution in [2.45, 2.75) is 26.4 Å². The number of hydrogen-bond acceptors (Lipinski definition) is 3. The fourth-order valence-electron chi connectivity index (χ4n) is 1.04. The molecule has 0 rings (SSSR count). The monoisotopic (exact) mass is 190 g/mol. The van der Waals surface area contributed by atoms with E-state index in [1.54, 1.807) is 13.8 Å². The van der Waals surface area contributed by atoms with Gasteiger partial charge < -0.3 is 15.3 Å². The van der Waals surface area contributed by atoms with E-state index in [4.69, 9.17) is 15.3 Å². The van der Waals surface area contributed by atoms with Crippen molar-refractivity contribution in [2.75, 3.05) is 0 Å². The molecule has 0 aromatic carbocycles. The maximum absolute atomic E-state index is 10.6. The second kappa shape index (κ2) is 4.81. The molecule has 76 valence electrons. The Morgan fingerprint density at radius 2 is 1.62 bits per heavy atom. The highest BCUT2D eigenvalue weighted by molar-refractivity contribution is 5.81. The molecule has 0 aliphatic rings. The molecular formula is C8H14O5. The van der Waals surface area contributed by atoms with Crippen LogP contribution in [0.3, 0.4) is 0 Å². The lowest BCUT2D eigenvalue weighted by Crippen LogP contribution is -2.35. The van der Waals surface area contributed by atoms with Crippen LogP contribution in [0.4, 0.5) is 0 Å². The average molecular weight is 190 g/mol. The molecule has 0 aromatic heterocycles. The maximum Gasteiger partial charge on any atom is 0.333 e. The average Bonchev–Trinajstić information content (AvgIpc) is 1.97. The van der Waals surface area contributed by atoms with E-state index in [2.05, 4.69) is 0 Å². The van der Waals surface area contributed by atoms with Gasteiger partial charge in [-0.2, -0.15) is 0 Å². The summed E-state index contributed by atoms with van der Waals surface area (Å²) in [5, 5.41) is 26.0. The van der Waals surface area contributed by atoms with Crippen molar-refractivity contribution >= 4 is 11.9 Å². The van der Waals surface area contributed by atoms with E-state index >= 15 is 0 Å². The number of carboxylic acid groups (broad SMARTS) is 2. The summed E-state index contributed by atoms with van der Waals surface area (Å²) in [6.45, 7) is 3.54. The van der Waals surface area contributed by atoms with Gasteiger partial charge in [-0.1, -0.05) is 13.8 Å². The molecular weight excluding hydrogens is 176 g/mol. The molecule has 0 heterocycles. The summed E-state index contributed by atoms with van der Waals surface area (Å²) in [6, 6.07) is 0. The highest BCUT2D eigenvalue weighted by Crippen LogP contribution is 2.16. The van der Waals surface area contributed by atoms with Gasteiger partial charge >= 0.3 is 11.9 Å². The first-order chi connectivity index (χ1) is 5.86. The summed E-state index contributed by atoms with van der Waals surface area (Å²) in [5.41, 5.74) is 0. The quantitative estimate of drug-likeness (QED) is 0.574. The van der Waals surface area contributed by atoms with Crippen LogP contribution in [0, 0.1) is 11.8 Å². The number of hydrogen-bond donors (Lipinski definition) is 3. The number of carbonyl (C=O) groups is 2. The molecule has 0 saturated heterocycles. The molecule has 5 nitrogen and oxygen atoms in total. The van der Waals surface area contributed by atoms with Crippen LogP contribution >= 0.6 is 0 Å². The molecule has 1 unspecified atom stereocenters. The Hall–Kier alpha value is -1.10. The van der Waals surface area contributed by atoms with Crippen LogP contribution in [-0.4, -0.2) is 33.4 Å². The zero-order valence-corrected chi connectivity index (χ0v) is 7.60. The standard InChI is InChI=1S/C8H14O5/c1-4(2)3-5(7(10)11)6(9)8(12)13/h4-6,9H,3H2,1-2H3,(H,10,11)(H,12,13)/t5?,6-/m1/s1. The number of aliphatic hydroxyl groups is 1. The highest BCUT2D eigenvalue weighted by atomic mass is 16.4. The van der Waals surface area contributed by atoms with Crippen LogP contribution in [-0.2, 0) is 9.59 Å². The number of aliphatic hydroxyl groups excluding tert-OH is 1. The molecule has 3 N–H and O–H groups in total. The van der Waals surface area contributed by atoms with Crippen LogP contribution in [0.1, 0.15) is 20.3 Å². The summed E-state index contributed by atoms with van der Waals surface area (Å²) in [6.07, 6.45) is -1.66. The van der Waals surface area contributed by atoms with Gasteiger partial charge in [0.1, 0.15) is 0 Å². The molecule has 0 aliphatic heterocycles. The zero-order chi connectivity index (χ0) is 10.6. The molecule has 0 aliphatic carbocycles. The number of rotatable bonds is 5. The lowest BCUT2D eigenvalue weighted by Gasteiger charge is -2.17. The zero-order valence-electron chi connectivity index (χ0n) is 7.60. The summed E-state index contributed by atoms with van der Waals surface area (Å²) >= 11 is 0. The fourth-order valence-corrected chi connectivity index (χ4v) is 1.04. The molecule has 0 radical (unpaired) electrons. The van der Waals surface area contributed by atoms with Crippen molar-refractivity contribution < 1.29 is 24.9 Å². The highest BCUT2D eigenvalue weighted by Gasteiger charge is 2.32. The van der Waals surface area contributed by atoms with Crippen LogP contribution in [0.25, 0.3) is 0 Å². The van der Waals surface area contributed by atoms with Gasteiger partial charge in [-0.25, -0.2) is 4.79 Å². The van der Waals surface area contributed by atoms with E-state index < -0.39 is 24.0 Å². The second-order valence-corrected chi connectivity index (χ2v) is 3.36. The first-order valence-electron chi connectivity index (χ1n) is 4.00. The maximum atomic E-state index is 10.6. The fraction of sp³-hybridized carbons (Fsp3) is 0.750. The molecule has 0 fully saturated rings. The molecule has 0 amide bonds. The summed E-state index contributed by atoms with van der Waals surface area (Å²) < 4.78 is 0. The number of carboxylic acids is 2. The van der Waals surface area contributed by atoms with Gasteiger partial charge in [0, 0.05) is 0 Å². The lowest BCUT2D eigenvalue weighted by atomic mass is 9.92. The third kappa shape index (κ3) is 3.89. The largest absolute Gasteiger partial charge is 0.481 e. The predicted octanol–water partition coefficient (Wildman–Crippen LogP) is 0.179. The van der Waals surface area contributed by atoms with Crippen LogP contribution in [0.5, 0.6) is 0 Å². The Kier molecular flexibility index (Phi) is 4.40. The topological polar surface area (TPSA) is 94.8 Å². The van der Waals surface area contributed by atoms with Gasteiger partial charge in [-0.15, -0.1) is 0 Å². The third-order valence-electron chi connectivity index (χ3n) is 1.68. The minimum atomic E-state index is -1.82. The van der Waals surface area contributed by atoms with E-state index in [1.807, 2.05) is 0 Å². The number of aliphatic carboxylic acids is 2. The Bertz CT molecular complexity index is 199. The molecule has 2 atom stereocenters. The second-order valence-electron chi connectivity index (χ2n) is 3.36. The summed E-state index contributed by atoms with van der Waals surface area (Å²) in [5.74, 6) is -3.95. The normalized spacial score (nSPS) is 15.4. The summed E-state index contributed by atoms with van der Waals surface area (Å²) in [4.78, 5) is 20.9. The molecule has 0 aromatic rings. The van der Waals surface area contributed by atoms with E-state index in [0.29, 0.717) is 0 Å². The van der Waals surface area contributed by atoms with Gasteiger partial charge in [0.25, 0.3) is 0 Å². The van der Waals surface area contributed by atoms with Crippen molar-refractivity contribution in [1.29, 1.82) is 0 Å². The first kappa shape index (κ1) is 11.9. The third-order valence-corrected chi connectivity index (χ3v) is 1.68. The van der Waals surface area contributed by atoms with Gasteiger partial charge in [0.15, 0.2) is 6.10 Å².